The molecule has 20 heavy (non-hydrogen) atoms. The van der Waals surface area contributed by atoms with E-state index in [9.17, 15) is 0 Å². The van der Waals surface area contributed by atoms with Gasteiger partial charge in [-0.15, -0.1) is 11.3 Å². The highest BCUT2D eigenvalue weighted by atomic mass is 32.1. The van der Waals surface area contributed by atoms with Crippen LogP contribution in [0.2, 0.25) is 0 Å². The zero-order chi connectivity index (χ0) is 14.5. The number of aromatic nitrogens is 3. The lowest BCUT2D eigenvalue weighted by Crippen LogP contribution is -2.12. The molecule has 0 saturated carbocycles. The number of anilines is 2. The summed E-state index contributed by atoms with van der Waals surface area (Å²) in [5.41, 5.74) is 3.92. The molecule has 2 heterocycles. The third-order valence-electron chi connectivity index (χ3n) is 2.94. The Morgan fingerprint density at radius 3 is 2.45 bits per heavy atom. The van der Waals surface area contributed by atoms with E-state index in [1.165, 1.54) is 0 Å². The number of rotatable bonds is 6. The molecule has 0 fully saturated rings. The molecule has 0 aliphatic heterocycles. The van der Waals surface area contributed by atoms with Crippen LogP contribution in [0.15, 0.2) is 10.9 Å². The fraction of sp³-hybridized carbons (Fsp3) is 0.500. The number of nitrogens with zero attached hydrogens (tertiary/aromatic N) is 3. The van der Waals surface area contributed by atoms with Crippen molar-refractivity contribution in [3.63, 3.8) is 0 Å². The van der Waals surface area contributed by atoms with Crippen LogP contribution in [-0.2, 0) is 6.54 Å². The summed E-state index contributed by atoms with van der Waals surface area (Å²) in [7, 11) is 0. The van der Waals surface area contributed by atoms with E-state index >= 15 is 0 Å². The fourth-order valence-corrected chi connectivity index (χ4v) is 2.36. The van der Waals surface area contributed by atoms with E-state index in [0.29, 0.717) is 12.5 Å². The van der Waals surface area contributed by atoms with Crippen LogP contribution in [0.1, 0.15) is 43.8 Å². The first kappa shape index (κ1) is 14.7. The van der Waals surface area contributed by atoms with Crippen LogP contribution in [0, 0.1) is 6.92 Å². The Morgan fingerprint density at radius 2 is 1.90 bits per heavy atom. The first-order valence-electron chi connectivity index (χ1n) is 6.85. The smallest absolute Gasteiger partial charge is 0.135 e. The zero-order valence-corrected chi connectivity index (χ0v) is 13.2. The van der Waals surface area contributed by atoms with E-state index < -0.39 is 0 Å². The van der Waals surface area contributed by atoms with Crippen LogP contribution >= 0.6 is 11.3 Å². The molecule has 0 aliphatic carbocycles. The molecule has 0 aromatic carbocycles. The molecule has 2 aromatic rings. The number of hydrogen-bond donors (Lipinski definition) is 2. The summed E-state index contributed by atoms with van der Waals surface area (Å²) >= 11 is 1.60. The van der Waals surface area contributed by atoms with Gasteiger partial charge >= 0.3 is 0 Å². The van der Waals surface area contributed by atoms with Gasteiger partial charge in [-0.2, -0.15) is 0 Å². The van der Waals surface area contributed by atoms with Gasteiger partial charge in [0.2, 0.25) is 0 Å². The highest BCUT2D eigenvalue weighted by Crippen LogP contribution is 2.23. The maximum absolute atomic E-state index is 4.63. The second-order valence-corrected chi connectivity index (χ2v) is 5.64. The van der Waals surface area contributed by atoms with Crippen molar-refractivity contribution in [3.8, 4) is 0 Å². The Morgan fingerprint density at radius 1 is 1.20 bits per heavy atom. The van der Waals surface area contributed by atoms with Crippen molar-refractivity contribution < 1.29 is 0 Å². The Labute approximate surface area is 123 Å². The largest absolute Gasteiger partial charge is 0.370 e. The Hall–Kier alpha value is -1.69. The van der Waals surface area contributed by atoms with Crippen molar-refractivity contribution in [2.24, 2.45) is 0 Å². The highest BCUT2D eigenvalue weighted by molar-refractivity contribution is 7.07. The average Bonchev–Trinajstić information content (AvgIpc) is 2.92. The molecule has 0 unspecified atom stereocenters. The minimum absolute atomic E-state index is 0.299. The van der Waals surface area contributed by atoms with E-state index in [1.807, 2.05) is 17.8 Å². The van der Waals surface area contributed by atoms with Gasteiger partial charge in [0.15, 0.2) is 0 Å². The Kier molecular flexibility index (Phi) is 4.89. The topological polar surface area (TPSA) is 62.7 Å². The minimum atomic E-state index is 0.299. The molecule has 2 aromatic heterocycles. The molecular weight excluding hydrogens is 270 g/mol. The van der Waals surface area contributed by atoms with Gasteiger partial charge < -0.3 is 10.6 Å². The van der Waals surface area contributed by atoms with E-state index in [0.717, 1.165) is 35.3 Å². The van der Waals surface area contributed by atoms with E-state index in [1.54, 1.807) is 11.3 Å². The first-order chi connectivity index (χ1) is 9.61. The van der Waals surface area contributed by atoms with E-state index in [-0.39, 0.29) is 0 Å². The van der Waals surface area contributed by atoms with Crippen LogP contribution in [0.4, 0.5) is 11.6 Å². The zero-order valence-electron chi connectivity index (χ0n) is 12.4. The number of nitrogens with one attached hydrogen (secondary N) is 2. The second kappa shape index (κ2) is 6.65. The van der Waals surface area contributed by atoms with Crippen LogP contribution in [0.25, 0.3) is 0 Å². The summed E-state index contributed by atoms with van der Waals surface area (Å²) in [5.74, 6) is 2.94. The van der Waals surface area contributed by atoms with Crippen molar-refractivity contribution in [2.75, 3.05) is 17.2 Å². The van der Waals surface area contributed by atoms with Gasteiger partial charge in [0.05, 0.1) is 17.7 Å². The fourth-order valence-electron chi connectivity index (χ4n) is 1.80. The average molecular weight is 291 g/mol. The predicted molar refractivity (Wildman–Crippen MR) is 84.5 cm³/mol. The van der Waals surface area contributed by atoms with Gasteiger partial charge in [0.1, 0.15) is 17.5 Å². The SMILES string of the molecule is CCNc1nc(C(C)C)nc(NCc2cscn2)c1C. The summed E-state index contributed by atoms with van der Waals surface area (Å²) in [4.78, 5) is 13.5. The molecule has 2 N–H and O–H groups in total. The lowest BCUT2D eigenvalue weighted by Gasteiger charge is -2.15. The van der Waals surface area contributed by atoms with Crippen molar-refractivity contribution in [2.45, 2.75) is 40.2 Å². The molecule has 0 amide bonds. The third-order valence-corrected chi connectivity index (χ3v) is 3.58. The molecule has 0 aliphatic rings. The van der Waals surface area contributed by atoms with Crippen molar-refractivity contribution in [3.05, 3.63) is 28.0 Å². The van der Waals surface area contributed by atoms with Crippen LogP contribution in [0.3, 0.4) is 0 Å². The molecule has 0 saturated heterocycles. The summed E-state index contributed by atoms with van der Waals surface area (Å²) in [5, 5.41) is 8.70. The normalized spacial score (nSPS) is 10.8. The highest BCUT2D eigenvalue weighted by Gasteiger charge is 2.12. The second-order valence-electron chi connectivity index (χ2n) is 4.92. The quantitative estimate of drug-likeness (QED) is 0.854. The maximum atomic E-state index is 4.63. The van der Waals surface area contributed by atoms with Crippen LogP contribution < -0.4 is 10.6 Å². The van der Waals surface area contributed by atoms with Crippen LogP contribution in [-0.4, -0.2) is 21.5 Å². The molecule has 0 spiro atoms. The predicted octanol–water partition coefficient (Wildman–Crippen LogP) is 3.41. The molecule has 5 nitrogen and oxygen atoms in total. The molecular formula is C14H21N5S. The number of hydrogen-bond acceptors (Lipinski definition) is 6. The van der Waals surface area contributed by atoms with Crippen molar-refractivity contribution >= 4 is 23.0 Å². The van der Waals surface area contributed by atoms with Gasteiger partial charge in [0.25, 0.3) is 0 Å². The summed E-state index contributed by atoms with van der Waals surface area (Å²) in [6, 6.07) is 0. The lowest BCUT2D eigenvalue weighted by molar-refractivity contribution is 0.772. The molecule has 2 rings (SSSR count). The number of thiazole rings is 1. The van der Waals surface area contributed by atoms with Gasteiger partial charge in [-0.3, -0.25) is 0 Å². The molecule has 0 radical (unpaired) electrons. The minimum Gasteiger partial charge on any atom is -0.370 e. The van der Waals surface area contributed by atoms with E-state index in [4.69, 9.17) is 0 Å². The Bertz CT molecular complexity index is 551. The van der Waals surface area contributed by atoms with Crippen LogP contribution in [0.5, 0.6) is 0 Å². The van der Waals surface area contributed by atoms with Gasteiger partial charge in [-0.25, -0.2) is 15.0 Å². The van der Waals surface area contributed by atoms with Crippen molar-refractivity contribution in [1.82, 2.24) is 15.0 Å². The molecule has 0 atom stereocenters. The van der Waals surface area contributed by atoms with Gasteiger partial charge in [-0.05, 0) is 13.8 Å². The molecule has 108 valence electrons. The first-order valence-corrected chi connectivity index (χ1v) is 7.79. The molecule has 0 bridgehead atoms. The van der Waals surface area contributed by atoms with E-state index in [2.05, 4.69) is 46.4 Å². The maximum Gasteiger partial charge on any atom is 0.135 e. The molecule has 6 heteroatoms. The third kappa shape index (κ3) is 3.45. The standard InChI is InChI=1S/C14H21N5S/c1-5-15-13-10(4)14(19-12(18-13)9(2)3)16-6-11-7-20-8-17-11/h7-9H,5-6H2,1-4H3,(H2,15,16,18,19). The summed E-state index contributed by atoms with van der Waals surface area (Å²) in [6.07, 6.45) is 0. The van der Waals surface area contributed by atoms with Crippen molar-refractivity contribution in [1.29, 1.82) is 0 Å². The lowest BCUT2D eigenvalue weighted by atomic mass is 10.2. The Balaban J connectivity index is 2.25. The van der Waals surface area contributed by atoms with Gasteiger partial charge in [0, 0.05) is 23.4 Å². The monoisotopic (exact) mass is 291 g/mol. The van der Waals surface area contributed by atoms with Gasteiger partial charge in [-0.1, -0.05) is 13.8 Å². The summed E-state index contributed by atoms with van der Waals surface area (Å²) < 4.78 is 0. The summed E-state index contributed by atoms with van der Waals surface area (Å²) in [6.45, 7) is 9.84.